The fourth-order valence-electron chi connectivity index (χ4n) is 5.23. The number of benzene rings is 1. The van der Waals surface area contributed by atoms with Crippen molar-refractivity contribution >= 4 is 5.91 Å². The second-order valence-corrected chi connectivity index (χ2v) is 9.07. The third kappa shape index (κ3) is 5.24. The van der Waals surface area contributed by atoms with Crippen LogP contribution in [0.2, 0.25) is 0 Å². The molecule has 2 fully saturated rings. The molecule has 2 aliphatic heterocycles. The van der Waals surface area contributed by atoms with Crippen molar-refractivity contribution in [1.82, 2.24) is 10.6 Å². The maximum atomic E-state index is 14.2. The minimum absolute atomic E-state index is 0.0692. The van der Waals surface area contributed by atoms with Crippen LogP contribution in [0.5, 0.6) is 0 Å². The largest absolute Gasteiger partial charge is 0.416 e. The van der Waals surface area contributed by atoms with Crippen LogP contribution in [0.3, 0.4) is 0 Å². The van der Waals surface area contributed by atoms with E-state index in [4.69, 9.17) is 4.74 Å². The lowest BCUT2D eigenvalue weighted by molar-refractivity contribution is -0.143. The number of nitrogens with one attached hydrogen (secondary N) is 2. The van der Waals surface area contributed by atoms with Crippen molar-refractivity contribution < 1.29 is 40.3 Å². The van der Waals surface area contributed by atoms with Crippen LogP contribution in [-0.2, 0) is 28.5 Å². The average Bonchev–Trinajstić information content (AvgIpc) is 3.37. The summed E-state index contributed by atoms with van der Waals surface area (Å²) in [7, 11) is 0. The number of hydrogen-bond acceptors (Lipinski definition) is 3. The first kappa shape index (κ1) is 25.3. The van der Waals surface area contributed by atoms with Gasteiger partial charge in [-0.05, 0) is 54.7 Å². The number of hydrogen-bond donors (Lipinski definition) is 2. The smallest absolute Gasteiger partial charge is 0.373 e. The first-order chi connectivity index (χ1) is 16.3. The zero-order valence-electron chi connectivity index (χ0n) is 18.4. The van der Waals surface area contributed by atoms with Gasteiger partial charge in [0.25, 0.3) is 0 Å². The molecule has 0 radical (unpaired) electrons. The minimum atomic E-state index is -4.96. The molecule has 1 saturated heterocycles. The molecule has 1 aliphatic carbocycles. The lowest BCUT2D eigenvalue weighted by Crippen LogP contribution is -2.59. The van der Waals surface area contributed by atoms with Crippen LogP contribution >= 0.6 is 0 Å². The zero-order valence-corrected chi connectivity index (χ0v) is 18.4. The van der Waals surface area contributed by atoms with Gasteiger partial charge >= 0.3 is 12.4 Å². The monoisotopic (exact) mass is 504 g/mol. The highest BCUT2D eigenvalue weighted by Gasteiger charge is 2.53. The lowest BCUT2D eigenvalue weighted by atomic mass is 9.78. The molecule has 2 N–H and O–H groups in total. The maximum absolute atomic E-state index is 14.2. The molecule has 1 amide bonds. The molecule has 1 aromatic carbocycles. The number of fused-ring (bicyclic) bond motifs is 2. The molecule has 1 aromatic rings. The molecule has 1 spiro atoms. The van der Waals surface area contributed by atoms with E-state index in [1.165, 1.54) is 12.2 Å². The zero-order chi connectivity index (χ0) is 25.6. The van der Waals surface area contributed by atoms with E-state index < -0.39 is 53.6 Å². The number of rotatable bonds is 3. The van der Waals surface area contributed by atoms with E-state index in [0.717, 1.165) is 6.20 Å². The Balaban J connectivity index is 1.61. The molecule has 0 bridgehead atoms. The van der Waals surface area contributed by atoms with Gasteiger partial charge in [-0.3, -0.25) is 4.79 Å². The van der Waals surface area contributed by atoms with E-state index in [1.54, 1.807) is 0 Å². The second kappa shape index (κ2) is 9.00. The summed E-state index contributed by atoms with van der Waals surface area (Å²) < 4.78 is 99.2. The molecule has 4 rings (SSSR count). The number of allylic oxidation sites excluding steroid dienone is 3. The number of carbonyl (C=O) groups excluding carboxylic acids is 1. The highest BCUT2D eigenvalue weighted by atomic mass is 19.4. The van der Waals surface area contributed by atoms with Crippen molar-refractivity contribution in [2.24, 2.45) is 11.8 Å². The van der Waals surface area contributed by atoms with Gasteiger partial charge in [-0.25, -0.2) is 4.39 Å². The van der Waals surface area contributed by atoms with Gasteiger partial charge in [0.2, 0.25) is 5.91 Å². The molecule has 4 atom stereocenters. The predicted octanol–water partition coefficient (Wildman–Crippen LogP) is 5.77. The van der Waals surface area contributed by atoms with Crippen LogP contribution in [0.4, 0.5) is 30.7 Å². The second-order valence-electron chi connectivity index (χ2n) is 9.07. The third-order valence-electron chi connectivity index (χ3n) is 6.80. The molecule has 11 heteroatoms. The van der Waals surface area contributed by atoms with Crippen molar-refractivity contribution in [2.75, 3.05) is 0 Å². The summed E-state index contributed by atoms with van der Waals surface area (Å²) in [4.78, 5) is 12.1. The average molecular weight is 504 g/mol. The van der Waals surface area contributed by atoms with E-state index >= 15 is 0 Å². The fourth-order valence-corrected chi connectivity index (χ4v) is 5.23. The maximum Gasteiger partial charge on any atom is 0.416 e. The summed E-state index contributed by atoms with van der Waals surface area (Å²) in [5.74, 6) is -1.54. The molecule has 190 valence electrons. The first-order valence-electron chi connectivity index (χ1n) is 11.0. The van der Waals surface area contributed by atoms with Gasteiger partial charge in [0.1, 0.15) is 11.5 Å². The molecule has 1 saturated carbocycles. The Bertz CT molecular complexity index is 1040. The number of alkyl halides is 6. The van der Waals surface area contributed by atoms with Crippen molar-refractivity contribution in [3.63, 3.8) is 0 Å². The molecule has 2 heterocycles. The van der Waals surface area contributed by atoms with Crippen LogP contribution < -0.4 is 10.6 Å². The Hall–Kier alpha value is -2.82. The number of halogens is 7. The van der Waals surface area contributed by atoms with Crippen molar-refractivity contribution in [3.8, 4) is 0 Å². The van der Waals surface area contributed by atoms with Crippen LogP contribution in [0.1, 0.15) is 42.4 Å². The Morgan fingerprint density at radius 3 is 2.26 bits per heavy atom. The fraction of sp³-hybridized carbons (Fsp3) is 0.458. The SMILES string of the molecule is C=C1C=CC(F)=CNC2(CCC(=O)N2)C2CCC(OCc3cc(C(F)(F)F)cc(C(F)(F)F)c3)C12. The standard InChI is InChI=1S/C24H23F7N2O2/c1-13-2-3-17(25)11-32-22(7-6-20(34)33-22)18-4-5-19(21(13)18)35-12-14-8-15(23(26,27)28)10-16(9-14)24(29,30)31/h2-3,8-11,18-19,21,32H,1,4-7,12H2,(H,33,34). The quantitative estimate of drug-likeness (QED) is 0.514. The molecular formula is C24H23F7N2O2. The van der Waals surface area contributed by atoms with E-state index in [1.807, 2.05) is 0 Å². The van der Waals surface area contributed by atoms with Gasteiger partial charge in [0.05, 0.1) is 23.8 Å². The highest BCUT2D eigenvalue weighted by Crippen LogP contribution is 2.47. The van der Waals surface area contributed by atoms with Crippen LogP contribution in [-0.4, -0.2) is 17.7 Å². The Morgan fingerprint density at radius 2 is 1.69 bits per heavy atom. The molecular weight excluding hydrogens is 481 g/mol. The van der Waals surface area contributed by atoms with Crippen LogP contribution in [0.15, 0.2) is 54.5 Å². The normalized spacial score (nSPS) is 29.2. The molecule has 4 unspecified atom stereocenters. The topological polar surface area (TPSA) is 50.4 Å². The molecule has 0 aromatic heterocycles. The van der Waals surface area contributed by atoms with Crippen LogP contribution in [0.25, 0.3) is 0 Å². The number of ether oxygens (including phenoxy) is 1. The van der Waals surface area contributed by atoms with Crippen molar-refractivity contribution in [1.29, 1.82) is 0 Å². The van der Waals surface area contributed by atoms with E-state index in [-0.39, 0.29) is 29.9 Å². The van der Waals surface area contributed by atoms with Gasteiger partial charge in [-0.2, -0.15) is 26.3 Å². The van der Waals surface area contributed by atoms with Crippen molar-refractivity contribution in [3.05, 3.63) is 71.2 Å². The lowest BCUT2D eigenvalue weighted by Gasteiger charge is -2.40. The first-order valence-corrected chi connectivity index (χ1v) is 11.0. The van der Waals surface area contributed by atoms with Gasteiger partial charge in [0.15, 0.2) is 0 Å². The Kier molecular flexibility index (Phi) is 6.50. The number of carbonyl (C=O) groups is 1. The predicted molar refractivity (Wildman–Crippen MR) is 112 cm³/mol. The van der Waals surface area contributed by atoms with Gasteiger partial charge in [-0.1, -0.05) is 12.7 Å². The Morgan fingerprint density at radius 1 is 1.03 bits per heavy atom. The summed E-state index contributed by atoms with van der Waals surface area (Å²) in [5.41, 5.74) is -3.57. The van der Waals surface area contributed by atoms with Crippen molar-refractivity contribution in [2.45, 2.75) is 56.4 Å². The van der Waals surface area contributed by atoms with Gasteiger partial charge in [0, 0.05) is 24.5 Å². The van der Waals surface area contributed by atoms with E-state index in [0.29, 0.717) is 37.0 Å². The summed E-state index contributed by atoms with van der Waals surface area (Å²) >= 11 is 0. The van der Waals surface area contributed by atoms with E-state index in [2.05, 4.69) is 17.2 Å². The molecule has 35 heavy (non-hydrogen) atoms. The third-order valence-corrected chi connectivity index (χ3v) is 6.80. The highest BCUT2D eigenvalue weighted by molar-refractivity contribution is 5.79. The summed E-state index contributed by atoms with van der Waals surface area (Å²) in [6.07, 6.45) is -5.16. The summed E-state index contributed by atoms with van der Waals surface area (Å²) in [6, 6.07) is 1.35. The van der Waals surface area contributed by atoms with Gasteiger partial charge < -0.3 is 15.4 Å². The van der Waals surface area contributed by atoms with Gasteiger partial charge in [-0.15, -0.1) is 0 Å². The minimum Gasteiger partial charge on any atom is -0.373 e. The number of amides is 1. The van der Waals surface area contributed by atoms with E-state index in [9.17, 15) is 35.5 Å². The summed E-state index contributed by atoms with van der Waals surface area (Å²) in [6.45, 7) is 3.52. The molecule has 3 aliphatic rings. The summed E-state index contributed by atoms with van der Waals surface area (Å²) in [5, 5.41) is 5.87. The van der Waals surface area contributed by atoms with Crippen LogP contribution in [0, 0.1) is 11.8 Å². The molecule has 4 nitrogen and oxygen atoms in total. The Labute approximate surface area is 196 Å².